The van der Waals surface area contributed by atoms with Gasteiger partial charge in [0.15, 0.2) is 0 Å². The Morgan fingerprint density at radius 3 is 2.49 bits per heavy atom. The molecule has 0 aliphatic rings. The Kier molecular flexibility index (Phi) is 7.58. The Bertz CT molecular complexity index is 1370. The molecule has 1 heterocycles. The number of benzene rings is 3. The van der Waals surface area contributed by atoms with Crippen molar-refractivity contribution >= 4 is 41.2 Å². The fourth-order valence-corrected chi connectivity index (χ4v) is 4.81. The Morgan fingerprint density at radius 2 is 1.80 bits per heavy atom. The molecular weight excluding hydrogens is 487 g/mol. The van der Waals surface area contributed by atoms with Gasteiger partial charge >= 0.3 is 6.09 Å². The summed E-state index contributed by atoms with van der Waals surface area (Å²) in [6.07, 6.45) is -0.408. The summed E-state index contributed by atoms with van der Waals surface area (Å²) in [5.41, 5.74) is 4.72. The molecule has 0 aliphatic carbocycles. The number of carbonyl (C=O) groups excluding carboxylic acids is 2. The topological polar surface area (TPSA) is 68.3 Å². The molecule has 0 fully saturated rings. The van der Waals surface area contributed by atoms with E-state index in [1.807, 2.05) is 49.4 Å². The standard InChI is InChI=1S/C27H22ClFN2O3S/c1-16-25(30-27(33)34-17(2)22-5-3-4-6-23(22)28)26(35-31-16)20-10-7-18(8-11-20)21-12-9-19(13-14-32)24(29)15-21/h3-12,14-15,17H,13H2,1-2H3,(H,30,33)/t17-/m1/s1. The highest BCUT2D eigenvalue weighted by Gasteiger charge is 2.19. The van der Waals surface area contributed by atoms with Crippen molar-refractivity contribution in [2.75, 3.05) is 5.32 Å². The number of aromatic nitrogens is 1. The van der Waals surface area contributed by atoms with Gasteiger partial charge in [0.2, 0.25) is 0 Å². The van der Waals surface area contributed by atoms with Gasteiger partial charge in [-0.3, -0.25) is 5.32 Å². The van der Waals surface area contributed by atoms with Gasteiger partial charge in [0.1, 0.15) is 18.2 Å². The van der Waals surface area contributed by atoms with Crippen LogP contribution >= 0.6 is 23.1 Å². The van der Waals surface area contributed by atoms with Crippen molar-refractivity contribution in [3.05, 3.63) is 94.4 Å². The van der Waals surface area contributed by atoms with E-state index in [-0.39, 0.29) is 6.42 Å². The first-order valence-corrected chi connectivity index (χ1v) is 12.0. The van der Waals surface area contributed by atoms with Crippen molar-refractivity contribution in [1.82, 2.24) is 4.37 Å². The van der Waals surface area contributed by atoms with Crippen LogP contribution in [0.3, 0.4) is 0 Å². The lowest BCUT2D eigenvalue weighted by Crippen LogP contribution is -2.16. The monoisotopic (exact) mass is 508 g/mol. The molecular formula is C27H22ClFN2O3S. The quantitative estimate of drug-likeness (QED) is 0.260. The van der Waals surface area contributed by atoms with E-state index in [4.69, 9.17) is 16.3 Å². The zero-order valence-corrected chi connectivity index (χ0v) is 20.6. The van der Waals surface area contributed by atoms with Crippen LogP contribution in [0.1, 0.15) is 29.8 Å². The number of anilines is 1. The number of aryl methyl sites for hydroxylation is 1. The van der Waals surface area contributed by atoms with E-state index in [1.165, 1.54) is 17.6 Å². The summed E-state index contributed by atoms with van der Waals surface area (Å²) in [4.78, 5) is 24.1. The number of hydrogen-bond acceptors (Lipinski definition) is 5. The van der Waals surface area contributed by atoms with Gasteiger partial charge in [-0.15, -0.1) is 0 Å². The largest absolute Gasteiger partial charge is 0.441 e. The molecule has 4 rings (SSSR count). The van der Waals surface area contributed by atoms with Crippen molar-refractivity contribution in [1.29, 1.82) is 0 Å². The number of hydrogen-bond donors (Lipinski definition) is 1. The number of aldehydes is 1. The van der Waals surface area contributed by atoms with Crippen molar-refractivity contribution in [3.63, 3.8) is 0 Å². The lowest BCUT2D eigenvalue weighted by Gasteiger charge is -2.16. The van der Waals surface area contributed by atoms with Crippen molar-refractivity contribution in [3.8, 4) is 21.6 Å². The average molecular weight is 509 g/mol. The first-order valence-electron chi connectivity index (χ1n) is 10.9. The molecule has 5 nitrogen and oxygen atoms in total. The lowest BCUT2D eigenvalue weighted by atomic mass is 10.0. The molecule has 4 aromatic rings. The Labute approximate surface area is 211 Å². The average Bonchev–Trinajstić information content (AvgIpc) is 3.20. The SMILES string of the molecule is Cc1nsc(-c2ccc(-c3ccc(CC=O)c(F)c3)cc2)c1NC(=O)O[C@H](C)c1ccccc1Cl. The molecule has 8 heteroatoms. The van der Waals surface area contributed by atoms with Crippen LogP contribution in [0.4, 0.5) is 14.9 Å². The van der Waals surface area contributed by atoms with Crippen LogP contribution in [0, 0.1) is 12.7 Å². The molecule has 0 unspecified atom stereocenters. The maximum Gasteiger partial charge on any atom is 0.412 e. The van der Waals surface area contributed by atoms with E-state index in [0.29, 0.717) is 33.8 Å². The lowest BCUT2D eigenvalue weighted by molar-refractivity contribution is -0.107. The third-order valence-electron chi connectivity index (χ3n) is 5.55. The van der Waals surface area contributed by atoms with Crippen LogP contribution in [0.5, 0.6) is 0 Å². The fourth-order valence-electron chi connectivity index (χ4n) is 3.67. The third kappa shape index (κ3) is 5.58. The van der Waals surface area contributed by atoms with E-state index in [2.05, 4.69) is 9.69 Å². The van der Waals surface area contributed by atoms with E-state index in [0.717, 1.165) is 21.6 Å². The van der Waals surface area contributed by atoms with Crippen LogP contribution in [-0.2, 0) is 16.0 Å². The first kappa shape index (κ1) is 24.6. The van der Waals surface area contributed by atoms with Crippen LogP contribution in [0.15, 0.2) is 66.7 Å². The molecule has 1 aromatic heterocycles. The predicted octanol–water partition coefficient (Wildman–Crippen LogP) is 7.63. The molecule has 3 aromatic carbocycles. The van der Waals surface area contributed by atoms with Gasteiger partial charge in [-0.1, -0.05) is 66.2 Å². The number of rotatable bonds is 7. The zero-order valence-electron chi connectivity index (χ0n) is 19.0. The Morgan fingerprint density at radius 1 is 1.11 bits per heavy atom. The van der Waals surface area contributed by atoms with Crippen LogP contribution < -0.4 is 5.32 Å². The highest BCUT2D eigenvalue weighted by Crippen LogP contribution is 2.36. The van der Waals surface area contributed by atoms with Crippen LogP contribution in [0.2, 0.25) is 5.02 Å². The van der Waals surface area contributed by atoms with Gasteiger partial charge in [0.05, 0.1) is 16.3 Å². The van der Waals surface area contributed by atoms with Gasteiger partial charge in [0, 0.05) is 17.0 Å². The molecule has 0 saturated carbocycles. The van der Waals surface area contributed by atoms with Crippen molar-refractivity contribution < 1.29 is 18.7 Å². The van der Waals surface area contributed by atoms with Gasteiger partial charge in [-0.2, -0.15) is 4.37 Å². The molecule has 1 N–H and O–H groups in total. The molecule has 0 bridgehead atoms. The van der Waals surface area contributed by atoms with Gasteiger partial charge in [-0.25, -0.2) is 9.18 Å². The smallest absolute Gasteiger partial charge is 0.412 e. The van der Waals surface area contributed by atoms with Gasteiger partial charge < -0.3 is 9.53 Å². The molecule has 0 radical (unpaired) electrons. The number of amides is 1. The number of nitrogens with one attached hydrogen (secondary N) is 1. The molecule has 1 amide bonds. The molecule has 1 atom stereocenters. The zero-order chi connectivity index (χ0) is 24.9. The molecule has 0 saturated heterocycles. The minimum Gasteiger partial charge on any atom is -0.441 e. The highest BCUT2D eigenvalue weighted by atomic mass is 35.5. The Hall–Kier alpha value is -3.55. The van der Waals surface area contributed by atoms with Gasteiger partial charge in [0.25, 0.3) is 0 Å². The van der Waals surface area contributed by atoms with Crippen LogP contribution in [-0.4, -0.2) is 16.8 Å². The summed E-state index contributed by atoms with van der Waals surface area (Å²) in [7, 11) is 0. The maximum atomic E-state index is 14.2. The third-order valence-corrected chi connectivity index (χ3v) is 6.89. The summed E-state index contributed by atoms with van der Waals surface area (Å²) >= 11 is 7.47. The van der Waals surface area contributed by atoms with E-state index in [1.54, 1.807) is 25.1 Å². The fraction of sp³-hybridized carbons (Fsp3) is 0.148. The van der Waals surface area contributed by atoms with E-state index >= 15 is 0 Å². The predicted molar refractivity (Wildman–Crippen MR) is 137 cm³/mol. The second kappa shape index (κ2) is 10.8. The van der Waals surface area contributed by atoms with Crippen molar-refractivity contribution in [2.24, 2.45) is 0 Å². The molecule has 0 spiro atoms. The summed E-state index contributed by atoms with van der Waals surface area (Å²) in [5.74, 6) is -0.409. The van der Waals surface area contributed by atoms with Crippen LogP contribution in [0.25, 0.3) is 21.6 Å². The summed E-state index contributed by atoms with van der Waals surface area (Å²) < 4.78 is 24.2. The summed E-state index contributed by atoms with van der Waals surface area (Å²) in [6.45, 7) is 3.57. The first-order chi connectivity index (χ1) is 16.9. The summed E-state index contributed by atoms with van der Waals surface area (Å²) in [6, 6.07) is 19.6. The minimum atomic E-state index is -0.607. The van der Waals surface area contributed by atoms with E-state index < -0.39 is 18.0 Å². The number of halogens is 2. The highest BCUT2D eigenvalue weighted by molar-refractivity contribution is 7.10. The summed E-state index contributed by atoms with van der Waals surface area (Å²) in [5, 5.41) is 3.34. The maximum absolute atomic E-state index is 14.2. The second-order valence-corrected chi connectivity index (χ2v) is 9.10. The number of carbonyl (C=O) groups is 2. The molecule has 0 aliphatic heterocycles. The number of nitrogens with zero attached hydrogens (tertiary/aromatic N) is 1. The van der Waals surface area contributed by atoms with E-state index in [9.17, 15) is 14.0 Å². The Balaban J connectivity index is 1.51. The van der Waals surface area contributed by atoms with Crippen molar-refractivity contribution in [2.45, 2.75) is 26.4 Å². The second-order valence-electron chi connectivity index (χ2n) is 7.92. The number of ether oxygens (including phenoxy) is 1. The van der Waals surface area contributed by atoms with Gasteiger partial charge in [-0.05, 0) is 59.8 Å². The normalized spacial score (nSPS) is 11.7. The molecule has 178 valence electrons. The minimum absolute atomic E-state index is 0.0468. The molecule has 35 heavy (non-hydrogen) atoms.